The second-order valence-corrected chi connectivity index (χ2v) is 8.66. The minimum absolute atomic E-state index is 0.162. The molecule has 0 atom stereocenters. The van der Waals surface area contributed by atoms with Crippen LogP contribution in [0.3, 0.4) is 0 Å². The van der Waals surface area contributed by atoms with Gasteiger partial charge in [-0.15, -0.1) is 0 Å². The molecule has 1 aliphatic rings. The van der Waals surface area contributed by atoms with Crippen molar-refractivity contribution < 1.29 is 4.74 Å². The molecule has 0 spiro atoms. The molecule has 9 heteroatoms. The minimum Gasteiger partial charge on any atom is -0.514 e. The maximum atomic E-state index is 6.00. The van der Waals surface area contributed by atoms with Crippen LogP contribution in [-0.2, 0) is 12.8 Å². The summed E-state index contributed by atoms with van der Waals surface area (Å²) in [5.41, 5.74) is 4.11. The number of benzene rings is 1. The molecule has 1 aromatic carbocycles. The Morgan fingerprint density at radius 2 is 1.70 bits per heavy atom. The molecule has 0 radical (unpaired) electrons. The van der Waals surface area contributed by atoms with Crippen molar-refractivity contribution >= 4 is 58.0 Å². The standard InChI is InChI=1S/C14H24B6N2O/c15-13(16,17)22-5-3-10-9-2-1-8(23-14(18,19)20)7-12(9)21-11(10)4-6-22/h1-2,7,21H,3-6,15-20H2. The third kappa shape index (κ3) is 3.71. The Bertz CT molecular complexity index is 718. The number of nitrogens with one attached hydrogen (secondary N) is 1. The fourth-order valence-electron chi connectivity index (χ4n) is 3.48. The average molecular weight is 301 g/mol. The Labute approximate surface area is 144 Å². The summed E-state index contributed by atoms with van der Waals surface area (Å²) in [5.74, 6) is 0.942. The molecule has 0 saturated heterocycles. The van der Waals surface area contributed by atoms with Gasteiger partial charge in [0.25, 0.3) is 0 Å². The van der Waals surface area contributed by atoms with Crippen molar-refractivity contribution in [3.8, 4) is 5.75 Å². The van der Waals surface area contributed by atoms with Crippen molar-refractivity contribution in [3.05, 3.63) is 29.5 Å². The van der Waals surface area contributed by atoms with E-state index in [1.54, 1.807) is 0 Å². The number of hydrogen-bond acceptors (Lipinski definition) is 2. The van der Waals surface area contributed by atoms with Crippen LogP contribution < -0.4 is 4.74 Å². The average Bonchev–Trinajstić information content (AvgIpc) is 2.59. The van der Waals surface area contributed by atoms with Crippen LogP contribution in [0.15, 0.2) is 18.2 Å². The molecule has 0 bridgehead atoms. The highest BCUT2D eigenvalue weighted by atomic mass is 16.5. The van der Waals surface area contributed by atoms with Gasteiger partial charge in [0.05, 0.1) is 0 Å². The van der Waals surface area contributed by atoms with Crippen LogP contribution >= 0.6 is 0 Å². The van der Waals surface area contributed by atoms with Crippen LogP contribution in [0.5, 0.6) is 5.75 Å². The lowest BCUT2D eigenvalue weighted by Gasteiger charge is -2.35. The van der Waals surface area contributed by atoms with E-state index in [2.05, 4.69) is 75.2 Å². The molecule has 3 nitrogen and oxygen atoms in total. The number of aromatic amines is 1. The summed E-state index contributed by atoms with van der Waals surface area (Å²) in [6, 6.07) is 6.48. The first-order chi connectivity index (χ1) is 10.6. The third-order valence-corrected chi connectivity index (χ3v) is 4.60. The van der Waals surface area contributed by atoms with Gasteiger partial charge in [-0.1, -0.05) is 5.24 Å². The SMILES string of the molecule is BC(B)(B)Oc1ccc2c3c([nH]c2c1)CCN(C(B)(B)B)CC3. The number of ether oxygens (including phenoxy) is 1. The second kappa shape index (κ2) is 5.77. The minimum atomic E-state index is -0.162. The van der Waals surface area contributed by atoms with Gasteiger partial charge in [-0.05, 0) is 24.1 Å². The van der Waals surface area contributed by atoms with Gasteiger partial charge in [0.2, 0.25) is 0 Å². The molecule has 1 N–H and O–H groups in total. The molecule has 1 aromatic heterocycles. The van der Waals surface area contributed by atoms with Crippen molar-refractivity contribution in [1.82, 2.24) is 9.88 Å². The molecule has 0 unspecified atom stereocenters. The molecule has 0 fully saturated rings. The van der Waals surface area contributed by atoms with Gasteiger partial charge in [0.1, 0.15) is 52.8 Å². The van der Waals surface area contributed by atoms with Crippen molar-refractivity contribution in [1.29, 1.82) is 0 Å². The van der Waals surface area contributed by atoms with E-state index in [1.165, 1.54) is 22.2 Å². The van der Waals surface area contributed by atoms with Crippen LogP contribution in [-0.4, -0.2) is 80.6 Å². The van der Waals surface area contributed by atoms with Crippen molar-refractivity contribution in [2.45, 2.75) is 23.4 Å². The van der Waals surface area contributed by atoms with Gasteiger partial charge in [-0.25, -0.2) is 0 Å². The summed E-state index contributed by atoms with van der Waals surface area (Å²) in [6.45, 7) is 2.25. The first kappa shape index (κ1) is 16.8. The Morgan fingerprint density at radius 1 is 1.00 bits per heavy atom. The lowest BCUT2D eigenvalue weighted by atomic mass is 9.48. The van der Waals surface area contributed by atoms with Crippen molar-refractivity contribution in [3.63, 3.8) is 0 Å². The molecule has 23 heavy (non-hydrogen) atoms. The fraction of sp³-hybridized carbons (Fsp3) is 0.429. The van der Waals surface area contributed by atoms with E-state index in [0.29, 0.717) is 0 Å². The molecule has 0 amide bonds. The smallest absolute Gasteiger partial charge is 0.135 e. The third-order valence-electron chi connectivity index (χ3n) is 4.60. The molecule has 114 valence electrons. The van der Waals surface area contributed by atoms with E-state index >= 15 is 0 Å². The zero-order valence-corrected chi connectivity index (χ0v) is 15.4. The fourth-order valence-corrected chi connectivity index (χ4v) is 3.48. The summed E-state index contributed by atoms with van der Waals surface area (Å²) in [5, 5.41) is 1.44. The highest BCUT2D eigenvalue weighted by Crippen LogP contribution is 2.29. The number of nitrogens with zero attached hydrogens (tertiary/aromatic N) is 1. The molecule has 2 heterocycles. The monoisotopic (exact) mass is 302 g/mol. The van der Waals surface area contributed by atoms with E-state index in [1.807, 2.05) is 0 Å². The number of aromatic nitrogens is 1. The van der Waals surface area contributed by atoms with E-state index < -0.39 is 0 Å². The zero-order valence-electron chi connectivity index (χ0n) is 15.4. The van der Waals surface area contributed by atoms with Gasteiger partial charge in [0, 0.05) is 47.5 Å². The number of rotatable bonds is 3. The molecule has 0 saturated carbocycles. The van der Waals surface area contributed by atoms with Gasteiger partial charge in [-0.2, -0.15) is 0 Å². The Kier molecular flexibility index (Phi) is 4.20. The first-order valence-corrected chi connectivity index (χ1v) is 8.71. The van der Waals surface area contributed by atoms with Crippen LogP contribution in [0.2, 0.25) is 0 Å². The van der Waals surface area contributed by atoms with Gasteiger partial charge < -0.3 is 14.6 Å². The van der Waals surface area contributed by atoms with Gasteiger partial charge >= 0.3 is 0 Å². The maximum Gasteiger partial charge on any atom is 0.135 e. The number of fused-ring (bicyclic) bond motifs is 3. The Balaban J connectivity index is 1.89. The molecular weight excluding hydrogens is 277 g/mol. The number of H-pyrrole nitrogens is 1. The van der Waals surface area contributed by atoms with Crippen molar-refractivity contribution in [2.75, 3.05) is 13.1 Å². The largest absolute Gasteiger partial charge is 0.514 e. The zero-order chi connectivity index (χ0) is 16.8. The van der Waals surface area contributed by atoms with Gasteiger partial charge in [0.15, 0.2) is 0 Å². The molecule has 1 aliphatic heterocycles. The second-order valence-electron chi connectivity index (χ2n) is 8.66. The van der Waals surface area contributed by atoms with Crippen LogP contribution in [0.4, 0.5) is 0 Å². The lowest BCUT2D eigenvalue weighted by Crippen LogP contribution is -2.51. The molecular formula is C14H24B6N2O. The predicted octanol–water partition coefficient (Wildman–Crippen LogP) is -4.03. The van der Waals surface area contributed by atoms with Crippen LogP contribution in [0.25, 0.3) is 10.9 Å². The lowest BCUT2D eigenvalue weighted by molar-refractivity contribution is 0.287. The first-order valence-electron chi connectivity index (χ1n) is 8.71. The maximum absolute atomic E-state index is 6.00. The van der Waals surface area contributed by atoms with Crippen LogP contribution in [0, 0.1) is 0 Å². The molecule has 2 aromatic rings. The topological polar surface area (TPSA) is 28.3 Å². The van der Waals surface area contributed by atoms with E-state index in [9.17, 15) is 0 Å². The number of hydrogen-bond donors (Lipinski definition) is 1. The highest BCUT2D eigenvalue weighted by Gasteiger charge is 2.25. The van der Waals surface area contributed by atoms with Crippen molar-refractivity contribution in [2.24, 2.45) is 0 Å². The summed E-state index contributed by atoms with van der Waals surface area (Å²) >= 11 is 0. The van der Waals surface area contributed by atoms with E-state index in [-0.39, 0.29) is 10.5 Å². The summed E-state index contributed by atoms with van der Waals surface area (Å²) in [6.07, 6.45) is 2.21. The van der Waals surface area contributed by atoms with Crippen LogP contribution in [0.1, 0.15) is 11.3 Å². The summed E-state index contributed by atoms with van der Waals surface area (Å²) < 4.78 is 6.00. The molecule has 0 aliphatic carbocycles. The summed E-state index contributed by atoms with van der Waals surface area (Å²) in [7, 11) is 13.2. The normalized spacial score (nSPS) is 16.9. The van der Waals surface area contributed by atoms with Gasteiger partial charge in [-0.3, -0.25) is 0 Å². The quantitative estimate of drug-likeness (QED) is 0.585. The molecule has 3 rings (SSSR count). The predicted molar refractivity (Wildman–Crippen MR) is 115 cm³/mol. The van der Waals surface area contributed by atoms with E-state index in [0.717, 1.165) is 31.7 Å². The van der Waals surface area contributed by atoms with E-state index in [4.69, 9.17) is 4.74 Å². The Morgan fingerprint density at radius 3 is 2.35 bits per heavy atom. The summed E-state index contributed by atoms with van der Waals surface area (Å²) in [4.78, 5) is 6.23. The highest BCUT2D eigenvalue weighted by molar-refractivity contribution is 6.59. The Hall–Kier alpha value is -1.09.